The highest BCUT2D eigenvalue weighted by atomic mass is 16.5. The molecule has 1 aliphatic rings. The lowest BCUT2D eigenvalue weighted by Crippen LogP contribution is -2.24. The molecule has 0 aliphatic heterocycles. The molecule has 3 N–H and O–H groups in total. The van der Waals surface area contributed by atoms with Gasteiger partial charge in [-0.1, -0.05) is 12.8 Å². The van der Waals surface area contributed by atoms with Crippen molar-refractivity contribution >= 4 is 6.09 Å². The molecule has 0 bridgehead atoms. The van der Waals surface area contributed by atoms with Crippen molar-refractivity contribution in [3.05, 3.63) is 0 Å². The van der Waals surface area contributed by atoms with Gasteiger partial charge >= 0.3 is 6.09 Å². The van der Waals surface area contributed by atoms with E-state index in [1.165, 1.54) is 19.3 Å². The first-order valence-electron chi connectivity index (χ1n) is 4.42. The number of nitrogens with one attached hydrogen (secondary N) is 1. The van der Waals surface area contributed by atoms with Gasteiger partial charge < -0.3 is 15.8 Å². The Balaban J connectivity index is 1.73. The topological polar surface area (TPSA) is 64.4 Å². The molecule has 1 fully saturated rings. The highest BCUT2D eigenvalue weighted by Crippen LogP contribution is 2.31. The van der Waals surface area contributed by atoms with Crippen LogP contribution < -0.4 is 11.1 Å². The second-order valence-electron chi connectivity index (χ2n) is 3.15. The average Bonchev–Trinajstić information content (AvgIpc) is 2.79. The third-order valence-corrected chi connectivity index (χ3v) is 1.95. The Morgan fingerprint density at radius 1 is 1.50 bits per heavy atom. The summed E-state index contributed by atoms with van der Waals surface area (Å²) in [5, 5.41) is 3.18. The first kappa shape index (κ1) is 9.32. The van der Waals surface area contributed by atoms with Crippen molar-refractivity contribution in [2.24, 2.45) is 11.7 Å². The molecule has 12 heavy (non-hydrogen) atoms. The van der Waals surface area contributed by atoms with Crippen LogP contribution in [-0.2, 0) is 4.74 Å². The minimum Gasteiger partial charge on any atom is -0.448 e. The highest BCUT2D eigenvalue weighted by Gasteiger charge is 2.19. The second-order valence-corrected chi connectivity index (χ2v) is 3.15. The van der Waals surface area contributed by atoms with Crippen molar-refractivity contribution in [3.63, 3.8) is 0 Å². The van der Waals surface area contributed by atoms with Crippen LogP contribution in [0.15, 0.2) is 0 Å². The molecule has 0 atom stereocenters. The third kappa shape index (κ3) is 4.96. The Morgan fingerprint density at radius 2 is 2.25 bits per heavy atom. The molecule has 4 nitrogen and oxygen atoms in total. The fraction of sp³-hybridized carbons (Fsp3) is 0.875. The van der Waals surface area contributed by atoms with Crippen molar-refractivity contribution in [1.29, 1.82) is 0 Å². The molecule has 1 saturated carbocycles. The Bertz CT molecular complexity index is 146. The van der Waals surface area contributed by atoms with E-state index < -0.39 is 6.09 Å². The zero-order valence-electron chi connectivity index (χ0n) is 7.21. The highest BCUT2D eigenvalue weighted by molar-refractivity contribution is 5.64. The molecule has 1 aliphatic carbocycles. The maximum absolute atomic E-state index is 10.1. The number of hydrogen-bond acceptors (Lipinski definition) is 3. The minimum atomic E-state index is -0.695. The van der Waals surface area contributed by atoms with Gasteiger partial charge in [-0.2, -0.15) is 0 Å². The summed E-state index contributed by atoms with van der Waals surface area (Å²) in [6.07, 6.45) is 3.33. The lowest BCUT2D eigenvalue weighted by molar-refractivity contribution is 0.157. The summed E-state index contributed by atoms with van der Waals surface area (Å²) in [6.45, 7) is 2.10. The van der Waals surface area contributed by atoms with Crippen LogP contribution in [0.1, 0.15) is 19.3 Å². The third-order valence-electron chi connectivity index (χ3n) is 1.95. The Kier molecular flexibility index (Phi) is 3.87. The molecule has 4 heteroatoms. The number of hydrogen-bond donors (Lipinski definition) is 2. The van der Waals surface area contributed by atoms with Crippen molar-refractivity contribution in [2.75, 3.05) is 19.7 Å². The van der Waals surface area contributed by atoms with E-state index in [1.807, 2.05) is 0 Å². The summed E-state index contributed by atoms with van der Waals surface area (Å²) in [4.78, 5) is 10.1. The van der Waals surface area contributed by atoms with Crippen LogP contribution in [0.3, 0.4) is 0 Å². The Morgan fingerprint density at radius 3 is 2.83 bits per heavy atom. The van der Waals surface area contributed by atoms with Gasteiger partial charge in [0.25, 0.3) is 0 Å². The van der Waals surface area contributed by atoms with Crippen LogP contribution in [-0.4, -0.2) is 25.8 Å². The first-order chi connectivity index (χ1) is 5.79. The van der Waals surface area contributed by atoms with E-state index in [1.54, 1.807) is 0 Å². The lowest BCUT2D eigenvalue weighted by Gasteiger charge is -2.03. The molecule has 70 valence electrons. The summed E-state index contributed by atoms with van der Waals surface area (Å²) < 4.78 is 4.54. The Hall–Kier alpha value is -0.770. The summed E-state index contributed by atoms with van der Waals surface area (Å²) >= 11 is 0. The van der Waals surface area contributed by atoms with Crippen molar-refractivity contribution in [3.8, 4) is 0 Å². The van der Waals surface area contributed by atoms with E-state index in [4.69, 9.17) is 5.73 Å². The molecule has 0 heterocycles. The van der Waals surface area contributed by atoms with E-state index in [0.29, 0.717) is 13.2 Å². The normalized spacial score (nSPS) is 16.0. The number of nitrogens with two attached hydrogens (primary N) is 1. The fourth-order valence-corrected chi connectivity index (χ4v) is 1.06. The second kappa shape index (κ2) is 4.98. The van der Waals surface area contributed by atoms with Crippen LogP contribution in [0, 0.1) is 5.92 Å². The van der Waals surface area contributed by atoms with Crippen molar-refractivity contribution < 1.29 is 9.53 Å². The standard InChI is InChI=1S/C8H16N2O2/c9-8(11)12-6-5-10-4-3-7-1-2-7/h7,10H,1-6H2,(H2,9,11). The van der Waals surface area contributed by atoms with Gasteiger partial charge in [-0.15, -0.1) is 0 Å². The van der Waals surface area contributed by atoms with E-state index >= 15 is 0 Å². The van der Waals surface area contributed by atoms with Crippen LogP contribution >= 0.6 is 0 Å². The zero-order valence-corrected chi connectivity index (χ0v) is 7.21. The zero-order chi connectivity index (χ0) is 8.81. The van der Waals surface area contributed by atoms with Crippen LogP contribution in [0.2, 0.25) is 0 Å². The molecular weight excluding hydrogens is 156 g/mol. The lowest BCUT2D eigenvalue weighted by atomic mass is 10.3. The van der Waals surface area contributed by atoms with Gasteiger partial charge in [-0.05, 0) is 18.9 Å². The number of ether oxygens (including phenoxy) is 1. The molecular formula is C8H16N2O2. The number of rotatable bonds is 6. The summed E-state index contributed by atoms with van der Waals surface area (Å²) in [7, 11) is 0. The summed E-state index contributed by atoms with van der Waals surface area (Å²) in [5.41, 5.74) is 4.78. The van der Waals surface area contributed by atoms with Crippen LogP contribution in [0.5, 0.6) is 0 Å². The van der Waals surface area contributed by atoms with Gasteiger partial charge in [0.2, 0.25) is 0 Å². The van der Waals surface area contributed by atoms with Crippen molar-refractivity contribution in [2.45, 2.75) is 19.3 Å². The van der Waals surface area contributed by atoms with Gasteiger partial charge in [0.15, 0.2) is 0 Å². The molecule has 1 amide bonds. The van der Waals surface area contributed by atoms with Gasteiger partial charge in [-0.25, -0.2) is 4.79 Å². The molecule has 0 aromatic rings. The molecule has 1 rings (SSSR count). The number of carbonyl (C=O) groups is 1. The van der Waals surface area contributed by atoms with E-state index in [9.17, 15) is 4.79 Å². The SMILES string of the molecule is NC(=O)OCCNCCC1CC1. The molecule has 0 radical (unpaired) electrons. The first-order valence-corrected chi connectivity index (χ1v) is 4.42. The molecule has 0 unspecified atom stereocenters. The minimum absolute atomic E-state index is 0.375. The number of carbonyl (C=O) groups excluding carboxylic acids is 1. The van der Waals surface area contributed by atoms with E-state index in [0.717, 1.165) is 12.5 Å². The number of amides is 1. The van der Waals surface area contributed by atoms with Gasteiger partial charge in [0.1, 0.15) is 6.61 Å². The largest absolute Gasteiger partial charge is 0.448 e. The molecule has 0 spiro atoms. The van der Waals surface area contributed by atoms with Gasteiger partial charge in [0, 0.05) is 6.54 Å². The van der Waals surface area contributed by atoms with E-state index in [-0.39, 0.29) is 0 Å². The number of primary amides is 1. The van der Waals surface area contributed by atoms with E-state index in [2.05, 4.69) is 10.1 Å². The molecule has 0 aromatic heterocycles. The maximum atomic E-state index is 10.1. The summed E-state index contributed by atoms with van der Waals surface area (Å²) in [5.74, 6) is 0.953. The molecule has 0 aromatic carbocycles. The van der Waals surface area contributed by atoms with Crippen LogP contribution in [0.4, 0.5) is 4.79 Å². The average molecular weight is 172 g/mol. The van der Waals surface area contributed by atoms with Crippen LogP contribution in [0.25, 0.3) is 0 Å². The predicted octanol–water partition coefficient (Wildman–Crippen LogP) is 0.471. The smallest absolute Gasteiger partial charge is 0.404 e. The van der Waals surface area contributed by atoms with Gasteiger partial charge in [-0.3, -0.25) is 0 Å². The monoisotopic (exact) mass is 172 g/mol. The summed E-state index contributed by atoms with van der Waals surface area (Å²) in [6, 6.07) is 0. The fourth-order valence-electron chi connectivity index (χ4n) is 1.06. The predicted molar refractivity (Wildman–Crippen MR) is 45.7 cm³/mol. The maximum Gasteiger partial charge on any atom is 0.404 e. The Labute approximate surface area is 72.5 Å². The van der Waals surface area contributed by atoms with Crippen molar-refractivity contribution in [1.82, 2.24) is 5.32 Å². The van der Waals surface area contributed by atoms with Gasteiger partial charge in [0.05, 0.1) is 0 Å². The molecule has 0 saturated heterocycles. The quantitative estimate of drug-likeness (QED) is 0.572.